The van der Waals surface area contributed by atoms with Crippen LogP contribution in [0, 0.1) is 23.2 Å². The predicted octanol–water partition coefficient (Wildman–Crippen LogP) is 4.69. The SMILES string of the molecule is CO[C@H]1C(=O)[C@]2(C)[C@@H](OC)C[C@H]3OC[C@H]3[C@H]2C[C@]2(O)C[C@H](OC(=O)CC(NC(=O)OC(C)(C)C)c3ccccc3)C(C)=C1[C@H]2C. The van der Waals surface area contributed by atoms with E-state index < -0.39 is 52.8 Å². The lowest BCUT2D eigenvalue weighted by Gasteiger charge is -2.61. The fraction of sp³-hybridized carbons (Fsp3) is 0.686. The van der Waals surface area contributed by atoms with E-state index in [2.05, 4.69) is 5.32 Å². The first-order chi connectivity index (χ1) is 21.1. The van der Waals surface area contributed by atoms with Crippen LogP contribution in [0.1, 0.15) is 78.8 Å². The molecule has 2 N–H and O–H groups in total. The molecule has 1 aliphatic heterocycles. The van der Waals surface area contributed by atoms with Crippen molar-refractivity contribution in [3.8, 4) is 0 Å². The summed E-state index contributed by atoms with van der Waals surface area (Å²) in [5.41, 5.74) is -0.789. The fourth-order valence-electron chi connectivity index (χ4n) is 8.24. The minimum Gasteiger partial charge on any atom is -0.458 e. The monoisotopic (exact) mass is 627 g/mol. The zero-order valence-electron chi connectivity index (χ0n) is 27.8. The largest absolute Gasteiger partial charge is 0.458 e. The Morgan fingerprint density at radius 1 is 1.13 bits per heavy atom. The second-order valence-electron chi connectivity index (χ2n) is 14.5. The van der Waals surface area contributed by atoms with Crippen LogP contribution in [0.15, 0.2) is 41.5 Å². The molecule has 3 aliphatic carbocycles. The summed E-state index contributed by atoms with van der Waals surface area (Å²) in [6.45, 7) is 11.6. The number of ketones is 1. The number of hydrogen-bond acceptors (Lipinski definition) is 9. The van der Waals surface area contributed by atoms with Gasteiger partial charge in [0, 0.05) is 38.9 Å². The summed E-state index contributed by atoms with van der Waals surface area (Å²) in [7, 11) is 3.13. The molecule has 1 unspecified atom stereocenters. The molecule has 1 aromatic carbocycles. The van der Waals surface area contributed by atoms with Gasteiger partial charge in [-0.1, -0.05) is 37.3 Å². The van der Waals surface area contributed by atoms with Crippen molar-refractivity contribution >= 4 is 17.8 Å². The summed E-state index contributed by atoms with van der Waals surface area (Å²) in [6, 6.07) is 8.47. The molecule has 45 heavy (non-hydrogen) atoms. The maximum Gasteiger partial charge on any atom is 0.408 e. The predicted molar refractivity (Wildman–Crippen MR) is 165 cm³/mol. The maximum absolute atomic E-state index is 14.5. The molecule has 0 radical (unpaired) electrons. The number of alkyl carbamates (subject to hydrolysis) is 1. The number of benzene rings is 1. The van der Waals surface area contributed by atoms with Crippen LogP contribution in [-0.2, 0) is 33.3 Å². The lowest BCUT2D eigenvalue weighted by atomic mass is 9.49. The van der Waals surface area contributed by atoms with E-state index in [1.807, 2.05) is 51.1 Å². The van der Waals surface area contributed by atoms with Crippen LogP contribution in [0.3, 0.4) is 0 Å². The van der Waals surface area contributed by atoms with Crippen molar-refractivity contribution in [2.45, 2.75) is 109 Å². The summed E-state index contributed by atoms with van der Waals surface area (Å²) in [5.74, 6) is -1.12. The molecule has 1 amide bonds. The number of hydrogen-bond donors (Lipinski definition) is 2. The van der Waals surface area contributed by atoms with E-state index in [9.17, 15) is 19.5 Å². The van der Waals surface area contributed by atoms with Gasteiger partial charge in [0.2, 0.25) is 0 Å². The fourth-order valence-corrected chi connectivity index (χ4v) is 8.24. The molecule has 0 aromatic heterocycles. The third-order valence-electron chi connectivity index (χ3n) is 10.8. The molecule has 0 spiro atoms. The molecule has 4 aliphatic rings. The van der Waals surface area contributed by atoms with Gasteiger partial charge in [0.15, 0.2) is 5.78 Å². The van der Waals surface area contributed by atoms with Crippen molar-refractivity contribution in [3.05, 3.63) is 47.0 Å². The minimum absolute atomic E-state index is 0.0264. The van der Waals surface area contributed by atoms with Gasteiger partial charge in [0.25, 0.3) is 0 Å². The molecule has 248 valence electrons. The van der Waals surface area contributed by atoms with Crippen molar-refractivity contribution in [3.63, 3.8) is 0 Å². The number of aliphatic hydroxyl groups is 1. The number of nitrogens with one attached hydrogen (secondary N) is 1. The molecule has 2 saturated carbocycles. The van der Waals surface area contributed by atoms with Crippen LogP contribution in [0.5, 0.6) is 0 Å². The van der Waals surface area contributed by atoms with E-state index in [-0.39, 0.29) is 42.7 Å². The van der Waals surface area contributed by atoms with Crippen LogP contribution in [0.4, 0.5) is 4.79 Å². The minimum atomic E-state index is -1.27. The van der Waals surface area contributed by atoms with Crippen LogP contribution < -0.4 is 5.32 Å². The highest BCUT2D eigenvalue weighted by Crippen LogP contribution is 2.59. The van der Waals surface area contributed by atoms with E-state index in [4.69, 9.17) is 23.7 Å². The Balaban J connectivity index is 1.45. The van der Waals surface area contributed by atoms with Crippen molar-refractivity contribution in [2.75, 3.05) is 20.8 Å². The maximum atomic E-state index is 14.5. The third kappa shape index (κ3) is 6.19. The van der Waals surface area contributed by atoms with E-state index in [1.165, 1.54) is 7.11 Å². The lowest BCUT2D eigenvalue weighted by Crippen LogP contribution is -2.68. The quantitative estimate of drug-likeness (QED) is 0.327. The van der Waals surface area contributed by atoms with Crippen LogP contribution in [0.25, 0.3) is 0 Å². The van der Waals surface area contributed by atoms with Gasteiger partial charge in [-0.15, -0.1) is 0 Å². The average molecular weight is 628 g/mol. The molecular formula is C35H49NO9. The van der Waals surface area contributed by atoms with Gasteiger partial charge < -0.3 is 34.1 Å². The Hall–Kier alpha value is -2.79. The lowest BCUT2D eigenvalue weighted by molar-refractivity contribution is -0.243. The molecule has 3 fully saturated rings. The van der Waals surface area contributed by atoms with Gasteiger partial charge in [0.1, 0.15) is 17.8 Å². The molecule has 10 heteroatoms. The molecule has 1 heterocycles. The van der Waals surface area contributed by atoms with Gasteiger partial charge in [-0.2, -0.15) is 0 Å². The molecule has 2 bridgehead atoms. The number of fused-ring (bicyclic) bond motifs is 5. The first-order valence-electron chi connectivity index (χ1n) is 16.0. The van der Waals surface area contributed by atoms with Gasteiger partial charge in [-0.25, -0.2) is 4.79 Å². The molecule has 1 aromatic rings. The standard InChI is InChI=1S/C35H49NO9/c1-19-26(44-28(37)14-24(21-12-10-9-11-13-21)36-32(39)45-33(3,4)5)17-35(40)16-23-22-18-43-25(22)15-27(41-7)34(23,6)31(38)30(42-8)29(19)20(35)2/h9-13,20,22-27,30,40H,14-18H2,1-8H3,(H,36,39)/t20-,22+,23-,24?,25-,26+,27+,30-,34+,35+/m1/s1. The summed E-state index contributed by atoms with van der Waals surface area (Å²) in [6.07, 6.45) is -1.78. The zero-order chi connectivity index (χ0) is 32.9. The summed E-state index contributed by atoms with van der Waals surface area (Å²) in [4.78, 5) is 40.8. The van der Waals surface area contributed by atoms with Crippen molar-refractivity contribution in [2.24, 2.45) is 23.2 Å². The van der Waals surface area contributed by atoms with Gasteiger partial charge >= 0.3 is 12.1 Å². The first-order valence-corrected chi connectivity index (χ1v) is 16.0. The Kier molecular flexibility index (Phi) is 9.27. The summed E-state index contributed by atoms with van der Waals surface area (Å²) >= 11 is 0. The number of methoxy groups -OCH3 is 2. The Morgan fingerprint density at radius 2 is 1.82 bits per heavy atom. The second kappa shape index (κ2) is 12.4. The van der Waals surface area contributed by atoms with Crippen molar-refractivity contribution < 1.29 is 43.2 Å². The first kappa shape index (κ1) is 33.6. The molecule has 10 atom stereocenters. The topological polar surface area (TPSA) is 130 Å². The summed E-state index contributed by atoms with van der Waals surface area (Å²) < 4.78 is 29.3. The smallest absolute Gasteiger partial charge is 0.408 e. The van der Waals surface area contributed by atoms with Crippen molar-refractivity contribution in [1.29, 1.82) is 0 Å². The Morgan fingerprint density at radius 3 is 2.40 bits per heavy atom. The normalized spacial score (nSPS) is 36.8. The second-order valence-corrected chi connectivity index (χ2v) is 14.5. The van der Waals surface area contributed by atoms with E-state index >= 15 is 0 Å². The van der Waals surface area contributed by atoms with Crippen LogP contribution in [-0.4, -0.2) is 79.4 Å². The summed E-state index contributed by atoms with van der Waals surface area (Å²) in [5, 5.41) is 15.3. The number of Topliss-reactive ketones (excluding diaryl/α,β-unsaturated/α-hetero) is 1. The van der Waals surface area contributed by atoms with E-state index in [0.717, 1.165) is 5.56 Å². The number of carbonyl (C=O) groups excluding carboxylic acids is 3. The van der Waals surface area contributed by atoms with E-state index in [0.29, 0.717) is 30.6 Å². The number of ether oxygens (including phenoxy) is 5. The highest BCUT2D eigenvalue weighted by atomic mass is 16.6. The number of esters is 1. The highest BCUT2D eigenvalue weighted by Gasteiger charge is 2.65. The Labute approximate surface area is 266 Å². The molecule has 5 rings (SSSR count). The zero-order valence-corrected chi connectivity index (χ0v) is 27.8. The third-order valence-corrected chi connectivity index (χ3v) is 10.8. The van der Waals surface area contributed by atoms with Crippen LogP contribution in [0.2, 0.25) is 0 Å². The number of rotatable bonds is 7. The Bertz CT molecular complexity index is 1320. The average Bonchev–Trinajstić information content (AvgIpc) is 2.95. The number of amides is 1. The van der Waals surface area contributed by atoms with E-state index in [1.54, 1.807) is 27.9 Å². The van der Waals surface area contributed by atoms with Crippen LogP contribution >= 0.6 is 0 Å². The van der Waals surface area contributed by atoms with Gasteiger partial charge in [-0.05, 0) is 63.7 Å². The van der Waals surface area contributed by atoms with Gasteiger partial charge in [-0.3, -0.25) is 9.59 Å². The molecular weight excluding hydrogens is 578 g/mol. The highest BCUT2D eigenvalue weighted by molar-refractivity contribution is 5.93. The van der Waals surface area contributed by atoms with Gasteiger partial charge in [0.05, 0.1) is 42.3 Å². The van der Waals surface area contributed by atoms with Crippen molar-refractivity contribution in [1.82, 2.24) is 5.32 Å². The molecule has 1 saturated heterocycles. The number of carbonyl (C=O) groups is 3. The molecule has 10 nitrogen and oxygen atoms in total.